The lowest BCUT2D eigenvalue weighted by atomic mass is 10.0. The topological polar surface area (TPSA) is 61.4 Å². The fourth-order valence-corrected chi connectivity index (χ4v) is 3.97. The van der Waals surface area contributed by atoms with Crippen LogP contribution < -0.4 is 0 Å². The SMILES string of the molecule is CC(C)c1ccc(-n2ccnc2SC(C)c2nnnn2-c2ccccc2)cc1. The lowest BCUT2D eigenvalue weighted by molar-refractivity contribution is 0.761. The van der Waals surface area contributed by atoms with Gasteiger partial charge in [0.2, 0.25) is 0 Å². The second kappa shape index (κ2) is 7.98. The van der Waals surface area contributed by atoms with Crippen LogP contribution in [0, 0.1) is 0 Å². The van der Waals surface area contributed by atoms with E-state index in [0.29, 0.717) is 5.92 Å². The maximum atomic E-state index is 4.55. The van der Waals surface area contributed by atoms with Crippen LogP contribution in [0.15, 0.2) is 72.1 Å². The van der Waals surface area contributed by atoms with Crippen molar-refractivity contribution in [2.45, 2.75) is 37.1 Å². The van der Waals surface area contributed by atoms with Crippen molar-refractivity contribution in [3.8, 4) is 11.4 Å². The van der Waals surface area contributed by atoms with Gasteiger partial charge in [0.05, 0.1) is 10.9 Å². The molecule has 4 aromatic rings. The highest BCUT2D eigenvalue weighted by atomic mass is 32.2. The standard InChI is InChI=1S/C21H22N6S/c1-15(2)17-9-11-18(12-10-17)26-14-13-22-21(26)28-16(3)20-23-24-25-27(20)19-7-5-4-6-8-19/h4-16H,1-3H3. The highest BCUT2D eigenvalue weighted by molar-refractivity contribution is 7.99. The monoisotopic (exact) mass is 390 g/mol. The summed E-state index contributed by atoms with van der Waals surface area (Å²) in [6.45, 7) is 6.49. The smallest absolute Gasteiger partial charge is 0.173 e. The van der Waals surface area contributed by atoms with Crippen molar-refractivity contribution < 1.29 is 0 Å². The van der Waals surface area contributed by atoms with E-state index < -0.39 is 0 Å². The van der Waals surface area contributed by atoms with Crippen molar-refractivity contribution in [3.05, 3.63) is 78.4 Å². The first-order valence-corrected chi connectivity index (χ1v) is 10.2. The Bertz CT molecular complexity index is 1040. The van der Waals surface area contributed by atoms with Gasteiger partial charge in [-0.1, -0.05) is 55.9 Å². The van der Waals surface area contributed by atoms with Crippen molar-refractivity contribution in [1.82, 2.24) is 29.8 Å². The molecular formula is C21H22N6S. The van der Waals surface area contributed by atoms with Crippen LogP contribution in [-0.4, -0.2) is 29.8 Å². The van der Waals surface area contributed by atoms with Crippen LogP contribution in [-0.2, 0) is 0 Å². The Morgan fingerprint density at radius 3 is 2.36 bits per heavy atom. The predicted molar refractivity (Wildman–Crippen MR) is 111 cm³/mol. The minimum Gasteiger partial charge on any atom is -0.295 e. The number of rotatable bonds is 6. The van der Waals surface area contributed by atoms with E-state index in [1.165, 1.54) is 5.56 Å². The molecule has 0 saturated carbocycles. The molecular weight excluding hydrogens is 368 g/mol. The van der Waals surface area contributed by atoms with Crippen molar-refractivity contribution in [2.75, 3.05) is 0 Å². The summed E-state index contributed by atoms with van der Waals surface area (Å²) in [4.78, 5) is 4.55. The Morgan fingerprint density at radius 1 is 0.893 bits per heavy atom. The molecule has 1 unspecified atom stereocenters. The minimum atomic E-state index is 0.0336. The Balaban J connectivity index is 1.58. The number of benzene rings is 2. The normalized spacial score (nSPS) is 12.4. The summed E-state index contributed by atoms with van der Waals surface area (Å²) in [5, 5.41) is 13.2. The zero-order valence-electron chi connectivity index (χ0n) is 16.1. The molecule has 0 N–H and O–H groups in total. The van der Waals surface area contributed by atoms with E-state index in [4.69, 9.17) is 0 Å². The van der Waals surface area contributed by atoms with Crippen LogP contribution in [0.25, 0.3) is 11.4 Å². The van der Waals surface area contributed by atoms with Crippen molar-refractivity contribution in [1.29, 1.82) is 0 Å². The maximum Gasteiger partial charge on any atom is 0.173 e. The van der Waals surface area contributed by atoms with Gasteiger partial charge in [0.25, 0.3) is 0 Å². The molecule has 0 aliphatic rings. The van der Waals surface area contributed by atoms with E-state index in [0.717, 1.165) is 22.4 Å². The molecule has 2 aromatic carbocycles. The summed E-state index contributed by atoms with van der Waals surface area (Å²) in [6.07, 6.45) is 3.81. The molecule has 4 rings (SSSR count). The van der Waals surface area contributed by atoms with E-state index in [9.17, 15) is 0 Å². The first-order chi connectivity index (χ1) is 13.6. The van der Waals surface area contributed by atoms with Gasteiger partial charge in [-0.05, 0) is 53.1 Å². The van der Waals surface area contributed by atoms with Crippen molar-refractivity contribution >= 4 is 11.8 Å². The minimum absolute atomic E-state index is 0.0336. The molecule has 0 bridgehead atoms. The van der Waals surface area contributed by atoms with Gasteiger partial charge in [0.15, 0.2) is 11.0 Å². The fourth-order valence-electron chi connectivity index (χ4n) is 3.00. The zero-order valence-corrected chi connectivity index (χ0v) is 16.9. The number of imidazole rings is 1. The molecule has 0 amide bonds. The molecule has 0 radical (unpaired) electrons. The summed E-state index contributed by atoms with van der Waals surface area (Å²) in [5.74, 6) is 1.31. The van der Waals surface area contributed by atoms with E-state index in [1.807, 2.05) is 42.7 Å². The van der Waals surface area contributed by atoms with Gasteiger partial charge in [-0.3, -0.25) is 4.57 Å². The molecule has 2 aromatic heterocycles. The molecule has 6 nitrogen and oxygen atoms in total. The molecule has 28 heavy (non-hydrogen) atoms. The van der Waals surface area contributed by atoms with E-state index >= 15 is 0 Å². The average molecular weight is 391 g/mol. The first kappa shape index (κ1) is 18.4. The molecule has 0 aliphatic heterocycles. The van der Waals surface area contributed by atoms with Crippen LogP contribution in [0.3, 0.4) is 0 Å². The molecule has 0 fully saturated rings. The van der Waals surface area contributed by atoms with E-state index in [1.54, 1.807) is 16.4 Å². The lowest BCUT2D eigenvalue weighted by Crippen LogP contribution is -2.06. The summed E-state index contributed by atoms with van der Waals surface area (Å²) in [5.41, 5.74) is 3.37. The molecule has 0 saturated heterocycles. The van der Waals surface area contributed by atoms with Crippen molar-refractivity contribution in [2.24, 2.45) is 0 Å². The Labute approximate surface area is 168 Å². The van der Waals surface area contributed by atoms with E-state index in [2.05, 4.69) is 70.1 Å². The summed E-state index contributed by atoms with van der Waals surface area (Å²) < 4.78 is 3.88. The van der Waals surface area contributed by atoms with Crippen LogP contribution in [0.5, 0.6) is 0 Å². The third-order valence-electron chi connectivity index (χ3n) is 4.58. The molecule has 0 spiro atoms. The van der Waals surface area contributed by atoms with Gasteiger partial charge >= 0.3 is 0 Å². The van der Waals surface area contributed by atoms with Crippen LogP contribution in [0.1, 0.15) is 43.3 Å². The van der Waals surface area contributed by atoms with Crippen LogP contribution in [0.2, 0.25) is 0 Å². The first-order valence-electron chi connectivity index (χ1n) is 9.27. The van der Waals surface area contributed by atoms with Crippen molar-refractivity contribution in [3.63, 3.8) is 0 Å². The summed E-state index contributed by atoms with van der Waals surface area (Å²) in [7, 11) is 0. The van der Waals surface area contributed by atoms with Gasteiger partial charge in [0, 0.05) is 18.1 Å². The highest BCUT2D eigenvalue weighted by Gasteiger charge is 2.19. The number of hydrogen-bond acceptors (Lipinski definition) is 5. The maximum absolute atomic E-state index is 4.55. The number of hydrogen-bond donors (Lipinski definition) is 0. The molecule has 1 atom stereocenters. The van der Waals surface area contributed by atoms with Gasteiger partial charge in [0.1, 0.15) is 0 Å². The average Bonchev–Trinajstić information content (AvgIpc) is 3.38. The predicted octanol–water partition coefficient (Wildman–Crippen LogP) is 4.82. The summed E-state index contributed by atoms with van der Waals surface area (Å²) >= 11 is 1.64. The molecule has 2 heterocycles. The fraction of sp³-hybridized carbons (Fsp3) is 0.238. The molecule has 142 valence electrons. The third kappa shape index (κ3) is 3.71. The van der Waals surface area contributed by atoms with Gasteiger partial charge in [-0.15, -0.1) is 5.10 Å². The highest BCUT2D eigenvalue weighted by Crippen LogP contribution is 2.34. The quantitative estimate of drug-likeness (QED) is 0.442. The number of para-hydroxylation sites is 1. The lowest BCUT2D eigenvalue weighted by Gasteiger charge is -2.13. The summed E-state index contributed by atoms with van der Waals surface area (Å²) in [6, 6.07) is 18.6. The largest absolute Gasteiger partial charge is 0.295 e. The van der Waals surface area contributed by atoms with Crippen LogP contribution >= 0.6 is 11.8 Å². The number of tetrazole rings is 1. The second-order valence-electron chi connectivity index (χ2n) is 6.87. The van der Waals surface area contributed by atoms with E-state index in [-0.39, 0.29) is 5.25 Å². The molecule has 0 aliphatic carbocycles. The zero-order chi connectivity index (χ0) is 19.5. The van der Waals surface area contributed by atoms with Gasteiger partial charge < -0.3 is 0 Å². The van der Waals surface area contributed by atoms with Gasteiger partial charge in [-0.2, -0.15) is 4.68 Å². The Morgan fingerprint density at radius 2 is 1.64 bits per heavy atom. The third-order valence-corrected chi connectivity index (χ3v) is 5.66. The Hall–Kier alpha value is -2.93. The molecule has 7 heteroatoms. The van der Waals surface area contributed by atoms with Crippen LogP contribution in [0.4, 0.5) is 0 Å². The number of aromatic nitrogens is 6. The Kier molecular flexibility index (Phi) is 5.25. The van der Waals surface area contributed by atoms with Gasteiger partial charge in [-0.25, -0.2) is 4.98 Å². The second-order valence-corrected chi connectivity index (χ2v) is 8.18. The number of thioether (sulfide) groups is 1. The number of nitrogens with zero attached hydrogens (tertiary/aromatic N) is 6.